The lowest BCUT2D eigenvalue weighted by molar-refractivity contribution is 1.31. The monoisotopic (exact) mass is 766 g/mol. The third-order valence-electron chi connectivity index (χ3n) is 13.7. The predicted octanol–water partition coefficient (Wildman–Crippen LogP) is 10.2. The Kier molecular flexibility index (Phi) is 7.86. The fourth-order valence-electron chi connectivity index (χ4n) is 9.77. The summed E-state index contributed by atoms with van der Waals surface area (Å²) in [4.78, 5) is 19.0. The Labute approximate surface area is 352 Å². The highest BCUT2D eigenvalue weighted by Gasteiger charge is 2.31. The van der Waals surface area contributed by atoms with Crippen LogP contribution in [0.3, 0.4) is 0 Å². The smallest absolute Gasteiger partial charge is 0.174 e. The van der Waals surface area contributed by atoms with Crippen molar-refractivity contribution in [3.05, 3.63) is 144 Å². The molecule has 2 N–H and O–H groups in total. The molecule has 7 aromatic rings. The molecule has 0 aliphatic carbocycles. The number of aromatic nitrogens is 4. The lowest BCUT2D eigenvalue weighted by Gasteiger charge is -2.08. The molecule has 0 unspecified atom stereocenters. The first-order chi connectivity index (χ1) is 29.7. The Morgan fingerprint density at radius 1 is 0.283 bits per heavy atom. The molecule has 0 atom stereocenters. The molecule has 4 saturated heterocycles. The molecular formula is C52H42B4N4. The molecule has 8 heteroatoms. The van der Waals surface area contributed by atoms with Gasteiger partial charge in [-0.25, -0.2) is 9.97 Å². The van der Waals surface area contributed by atoms with Gasteiger partial charge in [0, 0.05) is 44.3 Å². The molecule has 8 bridgehead atoms. The number of nitrogens with one attached hydrogen (secondary N) is 2. The molecule has 13 rings (SSSR count). The highest BCUT2D eigenvalue weighted by atomic mass is 14.8. The van der Waals surface area contributed by atoms with Crippen LogP contribution in [0.2, 0.25) is 50.6 Å². The molecule has 4 aromatic carbocycles. The Hall–Kier alpha value is -6.26. The van der Waals surface area contributed by atoms with Crippen molar-refractivity contribution in [2.24, 2.45) is 0 Å². The standard InChI is InChI=1S/C52H42B4N4/c1-9-37(53-25-26-53)10-2-33(1)49-41-17-19-43(57-41)50(34-3-11-38(12-4-34)54-27-28-54)45-21-23-47(59-45)52(36-7-15-40(16-8-36)56-31-32-56)48-24-22-46(60-48)51(44-20-18-42(49)58-44)35-5-13-39(14-6-35)55-29-30-55/h1-24,57,60H,25-32H2. The molecule has 6 aliphatic rings. The number of hydrogen-bond donors (Lipinski definition) is 2. The second-order valence-corrected chi connectivity index (χ2v) is 18.1. The van der Waals surface area contributed by atoms with Crippen LogP contribution < -0.4 is 21.9 Å². The SMILES string of the molecule is C1=Cc2nc1c(-c1ccc(B3CC3)cc1)c1ccc([nH]1)c(-c1ccc(B3CC3)cc1)c1nc(c(-c3ccc(B4CC4)cc3)c3ccc([nH]3)c2-c2ccc(B3CC3)cc2)C=C1. The summed E-state index contributed by atoms with van der Waals surface area (Å²) in [5, 5.41) is 0. The van der Waals surface area contributed by atoms with Crippen LogP contribution in [0.5, 0.6) is 0 Å². The first-order valence-corrected chi connectivity index (χ1v) is 22.2. The summed E-state index contributed by atoms with van der Waals surface area (Å²) < 4.78 is 0. The third kappa shape index (κ3) is 6.27. The highest BCUT2D eigenvalue weighted by molar-refractivity contribution is 6.83. The van der Waals surface area contributed by atoms with Crippen LogP contribution >= 0.6 is 0 Å². The maximum Gasteiger partial charge on any atom is 0.174 e. The van der Waals surface area contributed by atoms with Crippen LogP contribution in [0.15, 0.2) is 121 Å². The minimum Gasteiger partial charge on any atom is -0.354 e. The summed E-state index contributed by atoms with van der Waals surface area (Å²) in [6.45, 7) is 2.78. The van der Waals surface area contributed by atoms with E-state index in [0.29, 0.717) is 26.9 Å². The molecule has 0 saturated carbocycles. The van der Waals surface area contributed by atoms with Gasteiger partial charge in [0.2, 0.25) is 0 Å². The summed E-state index contributed by atoms with van der Waals surface area (Å²) >= 11 is 0. The molecule has 3 aromatic heterocycles. The number of fused-ring (bicyclic) bond motifs is 8. The second-order valence-electron chi connectivity index (χ2n) is 18.1. The number of hydrogen-bond acceptors (Lipinski definition) is 2. The first kappa shape index (κ1) is 34.6. The average Bonchev–Trinajstić information content (AvgIpc) is 4.14. The van der Waals surface area contributed by atoms with Crippen LogP contribution in [0, 0.1) is 0 Å². The normalized spacial score (nSPS) is 15.9. The van der Waals surface area contributed by atoms with E-state index in [9.17, 15) is 0 Å². The van der Waals surface area contributed by atoms with Gasteiger partial charge in [-0.2, -0.15) is 0 Å². The summed E-state index contributed by atoms with van der Waals surface area (Å²) in [5.41, 5.74) is 22.7. The van der Waals surface area contributed by atoms with E-state index in [0.717, 1.165) is 89.4 Å². The van der Waals surface area contributed by atoms with Crippen LogP contribution in [0.4, 0.5) is 0 Å². The Morgan fingerprint density at radius 2 is 0.500 bits per heavy atom. The van der Waals surface area contributed by atoms with Crippen LogP contribution in [0.25, 0.3) is 90.9 Å². The fourth-order valence-corrected chi connectivity index (χ4v) is 9.77. The molecule has 0 spiro atoms. The van der Waals surface area contributed by atoms with Gasteiger partial charge in [-0.05, 0) is 70.8 Å². The fraction of sp³-hybridized carbons (Fsp3) is 0.154. The number of H-pyrrole nitrogens is 2. The van der Waals surface area contributed by atoms with Gasteiger partial charge in [0.25, 0.3) is 0 Å². The predicted molar refractivity (Wildman–Crippen MR) is 261 cm³/mol. The van der Waals surface area contributed by atoms with Crippen molar-refractivity contribution in [2.75, 3.05) is 0 Å². The minimum absolute atomic E-state index is 0.696. The number of benzene rings is 4. The van der Waals surface area contributed by atoms with E-state index in [4.69, 9.17) is 9.97 Å². The van der Waals surface area contributed by atoms with Gasteiger partial charge in [-0.1, -0.05) is 169 Å². The topological polar surface area (TPSA) is 57.4 Å². The molecule has 4 nitrogen and oxygen atoms in total. The number of nitrogens with zero attached hydrogens (tertiary/aromatic N) is 2. The maximum absolute atomic E-state index is 5.55. The minimum atomic E-state index is 0.696. The van der Waals surface area contributed by atoms with E-state index in [1.807, 2.05) is 0 Å². The van der Waals surface area contributed by atoms with E-state index in [1.54, 1.807) is 0 Å². The van der Waals surface area contributed by atoms with E-state index < -0.39 is 0 Å². The summed E-state index contributed by atoms with van der Waals surface area (Å²) in [7, 11) is 0. The quantitative estimate of drug-likeness (QED) is 0.151. The van der Waals surface area contributed by atoms with E-state index in [1.165, 1.54) is 72.4 Å². The molecule has 4 fully saturated rings. The zero-order valence-electron chi connectivity index (χ0n) is 33.7. The molecule has 282 valence electrons. The number of aromatic amines is 2. The van der Waals surface area contributed by atoms with E-state index in [2.05, 4.69) is 156 Å². The molecule has 9 heterocycles. The van der Waals surface area contributed by atoms with Crippen LogP contribution in [-0.2, 0) is 0 Å². The Bertz CT molecular complexity index is 2680. The van der Waals surface area contributed by atoms with E-state index >= 15 is 0 Å². The number of rotatable bonds is 8. The molecule has 6 aliphatic heterocycles. The van der Waals surface area contributed by atoms with Crippen molar-refractivity contribution >= 4 is 95.1 Å². The van der Waals surface area contributed by atoms with Gasteiger partial charge in [-0.15, -0.1) is 0 Å². The van der Waals surface area contributed by atoms with Crippen molar-refractivity contribution in [3.63, 3.8) is 0 Å². The van der Waals surface area contributed by atoms with Crippen molar-refractivity contribution in [3.8, 4) is 44.5 Å². The summed E-state index contributed by atoms with van der Waals surface area (Å²) in [6, 6.07) is 46.0. The largest absolute Gasteiger partial charge is 0.354 e. The van der Waals surface area contributed by atoms with Gasteiger partial charge in [0.15, 0.2) is 26.9 Å². The Morgan fingerprint density at radius 3 is 0.700 bits per heavy atom. The van der Waals surface area contributed by atoms with Gasteiger partial charge in [-0.3, -0.25) is 0 Å². The van der Waals surface area contributed by atoms with Gasteiger partial charge in [0.1, 0.15) is 0 Å². The van der Waals surface area contributed by atoms with Crippen LogP contribution in [0.1, 0.15) is 22.8 Å². The van der Waals surface area contributed by atoms with Crippen molar-refractivity contribution in [1.82, 2.24) is 19.9 Å². The maximum atomic E-state index is 5.55. The highest BCUT2D eigenvalue weighted by Crippen LogP contribution is 2.39. The average molecular weight is 766 g/mol. The van der Waals surface area contributed by atoms with Crippen LogP contribution in [-0.4, -0.2) is 46.8 Å². The van der Waals surface area contributed by atoms with Crippen molar-refractivity contribution in [1.29, 1.82) is 0 Å². The zero-order valence-corrected chi connectivity index (χ0v) is 33.7. The lowest BCUT2D eigenvalue weighted by Crippen LogP contribution is -2.13. The van der Waals surface area contributed by atoms with Gasteiger partial charge < -0.3 is 9.97 Å². The summed E-state index contributed by atoms with van der Waals surface area (Å²) in [5.74, 6) is 0. The first-order valence-electron chi connectivity index (χ1n) is 22.2. The molecule has 0 amide bonds. The third-order valence-corrected chi connectivity index (χ3v) is 13.7. The molecule has 0 radical (unpaired) electrons. The lowest BCUT2D eigenvalue weighted by atomic mass is 9.63. The summed E-state index contributed by atoms with van der Waals surface area (Å²) in [6.07, 6.45) is 19.1. The van der Waals surface area contributed by atoms with Gasteiger partial charge >= 0.3 is 0 Å². The zero-order chi connectivity index (χ0) is 39.3. The van der Waals surface area contributed by atoms with Gasteiger partial charge in [0.05, 0.1) is 22.8 Å². The van der Waals surface area contributed by atoms with Crippen molar-refractivity contribution < 1.29 is 0 Å². The molecule has 60 heavy (non-hydrogen) atoms. The molecular weight excluding hydrogens is 724 g/mol. The Balaban J connectivity index is 1.11. The van der Waals surface area contributed by atoms with E-state index in [-0.39, 0.29) is 0 Å². The van der Waals surface area contributed by atoms with Crippen molar-refractivity contribution in [2.45, 2.75) is 50.6 Å². The second kappa shape index (κ2) is 13.6.